The summed E-state index contributed by atoms with van der Waals surface area (Å²) in [6.07, 6.45) is 1.92. The Labute approximate surface area is 94.3 Å². The molecule has 0 amide bonds. The highest BCUT2D eigenvalue weighted by Gasteiger charge is 2.31. The number of likely N-dealkylation sites (tertiary alicyclic amines) is 1. The second-order valence-corrected chi connectivity index (χ2v) is 4.38. The van der Waals surface area contributed by atoms with Gasteiger partial charge in [0, 0.05) is 12.5 Å². The van der Waals surface area contributed by atoms with Crippen LogP contribution in [0.15, 0.2) is 4.52 Å². The van der Waals surface area contributed by atoms with Crippen molar-refractivity contribution in [3.05, 3.63) is 11.7 Å². The van der Waals surface area contributed by atoms with Crippen molar-refractivity contribution < 1.29 is 4.52 Å². The summed E-state index contributed by atoms with van der Waals surface area (Å²) < 4.78 is 5.24. The van der Waals surface area contributed by atoms with Crippen molar-refractivity contribution in [2.75, 3.05) is 6.54 Å². The standard InChI is InChI=1S/C10H17N5O/c1-6(2)8-13-9(16-14-8)7-4-3-5-15(7)10(11)12/h6-7H,3-5H2,1-2H3,(H3,11,12)/t7-/m0/s1. The van der Waals surface area contributed by atoms with Crippen LogP contribution in [0.4, 0.5) is 0 Å². The molecule has 1 aliphatic rings. The lowest BCUT2D eigenvalue weighted by molar-refractivity contribution is 0.281. The fraction of sp³-hybridized carbons (Fsp3) is 0.700. The van der Waals surface area contributed by atoms with E-state index < -0.39 is 0 Å². The Kier molecular flexibility index (Phi) is 2.80. The lowest BCUT2D eigenvalue weighted by Crippen LogP contribution is -2.35. The first kappa shape index (κ1) is 10.9. The topological polar surface area (TPSA) is 92.0 Å². The monoisotopic (exact) mass is 223 g/mol. The summed E-state index contributed by atoms with van der Waals surface area (Å²) in [4.78, 5) is 6.16. The molecule has 16 heavy (non-hydrogen) atoms. The molecule has 1 aromatic rings. The van der Waals surface area contributed by atoms with Crippen molar-refractivity contribution in [1.82, 2.24) is 15.0 Å². The van der Waals surface area contributed by atoms with Crippen molar-refractivity contribution in [1.29, 1.82) is 5.41 Å². The molecule has 88 valence electrons. The van der Waals surface area contributed by atoms with Crippen molar-refractivity contribution in [2.24, 2.45) is 5.73 Å². The van der Waals surface area contributed by atoms with Gasteiger partial charge in [0.05, 0.1) is 0 Å². The Morgan fingerprint density at radius 3 is 2.94 bits per heavy atom. The third kappa shape index (κ3) is 1.87. The van der Waals surface area contributed by atoms with Crippen LogP contribution in [-0.2, 0) is 0 Å². The smallest absolute Gasteiger partial charge is 0.249 e. The Balaban J connectivity index is 2.19. The first-order chi connectivity index (χ1) is 7.59. The maximum absolute atomic E-state index is 7.48. The van der Waals surface area contributed by atoms with Gasteiger partial charge in [0.2, 0.25) is 5.89 Å². The van der Waals surface area contributed by atoms with Crippen LogP contribution >= 0.6 is 0 Å². The van der Waals surface area contributed by atoms with Crippen LogP contribution in [0.2, 0.25) is 0 Å². The van der Waals surface area contributed by atoms with E-state index in [1.165, 1.54) is 0 Å². The van der Waals surface area contributed by atoms with E-state index in [1.54, 1.807) is 4.90 Å². The predicted octanol–water partition coefficient (Wildman–Crippen LogP) is 1.22. The molecule has 0 aliphatic carbocycles. The van der Waals surface area contributed by atoms with E-state index in [4.69, 9.17) is 15.7 Å². The molecule has 3 N–H and O–H groups in total. The Morgan fingerprint density at radius 2 is 2.38 bits per heavy atom. The zero-order chi connectivity index (χ0) is 11.7. The predicted molar refractivity (Wildman–Crippen MR) is 59.0 cm³/mol. The SMILES string of the molecule is CC(C)c1noc([C@@H]2CCCN2C(=N)N)n1. The van der Waals surface area contributed by atoms with Gasteiger partial charge in [-0.3, -0.25) is 5.41 Å². The van der Waals surface area contributed by atoms with Gasteiger partial charge in [-0.25, -0.2) is 0 Å². The molecule has 1 atom stereocenters. The molecule has 0 bridgehead atoms. The van der Waals surface area contributed by atoms with E-state index >= 15 is 0 Å². The zero-order valence-electron chi connectivity index (χ0n) is 9.60. The van der Waals surface area contributed by atoms with Gasteiger partial charge in [0.15, 0.2) is 11.8 Å². The second kappa shape index (κ2) is 4.11. The zero-order valence-corrected chi connectivity index (χ0v) is 9.60. The van der Waals surface area contributed by atoms with Crippen LogP contribution in [-0.4, -0.2) is 27.5 Å². The fourth-order valence-electron chi connectivity index (χ4n) is 1.93. The maximum atomic E-state index is 7.48. The molecule has 0 radical (unpaired) electrons. The van der Waals surface area contributed by atoms with Gasteiger partial charge in [-0.2, -0.15) is 4.98 Å². The second-order valence-electron chi connectivity index (χ2n) is 4.38. The van der Waals surface area contributed by atoms with Crippen LogP contribution in [0, 0.1) is 5.41 Å². The highest BCUT2D eigenvalue weighted by Crippen LogP contribution is 2.30. The number of hydrogen-bond donors (Lipinski definition) is 2. The molecule has 0 saturated carbocycles. The van der Waals surface area contributed by atoms with E-state index in [9.17, 15) is 0 Å². The number of guanidine groups is 1. The summed E-state index contributed by atoms with van der Waals surface area (Å²) >= 11 is 0. The number of hydrogen-bond acceptors (Lipinski definition) is 4. The molecular weight excluding hydrogens is 206 g/mol. The van der Waals surface area contributed by atoms with E-state index in [1.807, 2.05) is 13.8 Å². The molecule has 1 fully saturated rings. The van der Waals surface area contributed by atoms with E-state index in [0.717, 1.165) is 19.4 Å². The average Bonchev–Trinajstić information content (AvgIpc) is 2.86. The van der Waals surface area contributed by atoms with Gasteiger partial charge < -0.3 is 15.2 Å². The molecule has 2 rings (SSSR count). The van der Waals surface area contributed by atoms with Gasteiger partial charge in [-0.1, -0.05) is 19.0 Å². The summed E-state index contributed by atoms with van der Waals surface area (Å²) in [5.74, 6) is 1.62. The summed E-state index contributed by atoms with van der Waals surface area (Å²) in [6, 6.07) is -0.0162. The highest BCUT2D eigenvalue weighted by atomic mass is 16.5. The molecule has 0 unspecified atom stereocenters. The van der Waals surface area contributed by atoms with Gasteiger partial charge in [0.1, 0.15) is 6.04 Å². The Bertz CT molecular complexity index is 386. The van der Waals surface area contributed by atoms with Crippen molar-refractivity contribution >= 4 is 5.96 Å². The summed E-state index contributed by atoms with van der Waals surface area (Å²) in [5, 5.41) is 11.4. The first-order valence-electron chi connectivity index (χ1n) is 5.53. The molecule has 2 heterocycles. The van der Waals surface area contributed by atoms with E-state index in [0.29, 0.717) is 11.7 Å². The molecule has 6 heteroatoms. The normalized spacial score (nSPS) is 20.7. The van der Waals surface area contributed by atoms with Gasteiger partial charge in [0.25, 0.3) is 0 Å². The number of nitrogens with one attached hydrogen (secondary N) is 1. The van der Waals surface area contributed by atoms with E-state index in [-0.39, 0.29) is 17.9 Å². The van der Waals surface area contributed by atoms with Gasteiger partial charge in [-0.15, -0.1) is 0 Å². The molecule has 1 saturated heterocycles. The van der Waals surface area contributed by atoms with Crippen LogP contribution in [0.5, 0.6) is 0 Å². The lowest BCUT2D eigenvalue weighted by Gasteiger charge is -2.21. The molecular formula is C10H17N5O. The largest absolute Gasteiger partial charge is 0.370 e. The van der Waals surface area contributed by atoms with Gasteiger partial charge >= 0.3 is 0 Å². The molecule has 0 aromatic carbocycles. The van der Waals surface area contributed by atoms with Crippen LogP contribution < -0.4 is 5.73 Å². The van der Waals surface area contributed by atoms with Crippen LogP contribution in [0.25, 0.3) is 0 Å². The van der Waals surface area contributed by atoms with Crippen LogP contribution in [0.1, 0.15) is 50.4 Å². The molecule has 1 aromatic heterocycles. The molecule has 1 aliphatic heterocycles. The lowest BCUT2D eigenvalue weighted by atomic mass is 10.2. The molecule has 6 nitrogen and oxygen atoms in total. The third-order valence-corrected chi connectivity index (χ3v) is 2.82. The first-order valence-corrected chi connectivity index (χ1v) is 5.53. The average molecular weight is 223 g/mol. The van der Waals surface area contributed by atoms with E-state index in [2.05, 4.69) is 10.1 Å². The third-order valence-electron chi connectivity index (χ3n) is 2.82. The highest BCUT2D eigenvalue weighted by molar-refractivity contribution is 5.75. The quantitative estimate of drug-likeness (QED) is 0.581. The number of nitrogens with two attached hydrogens (primary N) is 1. The number of rotatable bonds is 2. The minimum absolute atomic E-state index is 0.0162. The van der Waals surface area contributed by atoms with Crippen molar-refractivity contribution in [2.45, 2.75) is 38.6 Å². The fourth-order valence-corrected chi connectivity index (χ4v) is 1.93. The van der Waals surface area contributed by atoms with Crippen molar-refractivity contribution in [3.63, 3.8) is 0 Å². The molecule has 0 spiro atoms. The minimum atomic E-state index is -0.0162. The van der Waals surface area contributed by atoms with Crippen LogP contribution in [0.3, 0.4) is 0 Å². The maximum Gasteiger partial charge on any atom is 0.249 e. The number of nitrogens with zero attached hydrogens (tertiary/aromatic N) is 3. The Hall–Kier alpha value is -1.59. The summed E-state index contributed by atoms with van der Waals surface area (Å²) in [5.41, 5.74) is 5.51. The van der Waals surface area contributed by atoms with Gasteiger partial charge in [-0.05, 0) is 12.8 Å². The summed E-state index contributed by atoms with van der Waals surface area (Å²) in [7, 11) is 0. The number of aromatic nitrogens is 2. The minimum Gasteiger partial charge on any atom is -0.370 e. The van der Waals surface area contributed by atoms with Crippen molar-refractivity contribution in [3.8, 4) is 0 Å². The Morgan fingerprint density at radius 1 is 1.62 bits per heavy atom. The summed E-state index contributed by atoms with van der Waals surface area (Å²) in [6.45, 7) is 4.83.